The van der Waals surface area contributed by atoms with Crippen molar-refractivity contribution in [3.05, 3.63) is 23.7 Å². The Morgan fingerprint density at radius 1 is 1.54 bits per heavy atom. The molecule has 0 aliphatic rings. The van der Waals surface area contributed by atoms with E-state index in [1.165, 1.54) is 12.5 Å². The van der Waals surface area contributed by atoms with Crippen molar-refractivity contribution in [2.45, 2.75) is 13.0 Å². The standard InChI is InChI=1S/C8H12O4S/c1-6-3-12-4-7(6)8(9)5-13(2,10)11/h3-4,8-9H,5H2,1-2H3. The highest BCUT2D eigenvalue weighted by Crippen LogP contribution is 2.19. The van der Waals surface area contributed by atoms with Crippen molar-refractivity contribution in [3.8, 4) is 0 Å². The molecule has 0 fully saturated rings. The van der Waals surface area contributed by atoms with Crippen molar-refractivity contribution in [1.29, 1.82) is 0 Å². The Balaban J connectivity index is 2.81. The largest absolute Gasteiger partial charge is 0.472 e. The van der Waals surface area contributed by atoms with E-state index in [1.54, 1.807) is 6.92 Å². The van der Waals surface area contributed by atoms with Gasteiger partial charge < -0.3 is 9.52 Å². The maximum atomic E-state index is 10.9. The lowest BCUT2D eigenvalue weighted by Gasteiger charge is -2.07. The molecule has 0 bridgehead atoms. The third-order valence-electron chi connectivity index (χ3n) is 1.71. The van der Waals surface area contributed by atoms with Gasteiger partial charge in [-0.25, -0.2) is 8.42 Å². The number of hydrogen-bond acceptors (Lipinski definition) is 4. The molecule has 0 saturated carbocycles. The van der Waals surface area contributed by atoms with Crippen LogP contribution in [0.3, 0.4) is 0 Å². The second-order valence-electron chi connectivity index (χ2n) is 3.12. The molecule has 0 amide bonds. The summed E-state index contributed by atoms with van der Waals surface area (Å²) < 4.78 is 26.5. The maximum absolute atomic E-state index is 10.9. The summed E-state index contributed by atoms with van der Waals surface area (Å²) in [5.41, 5.74) is 1.29. The predicted octanol–water partition coefficient (Wildman–Crippen LogP) is 0.666. The van der Waals surface area contributed by atoms with E-state index in [4.69, 9.17) is 4.42 Å². The molecule has 0 aliphatic carbocycles. The lowest BCUT2D eigenvalue weighted by molar-refractivity contribution is 0.200. The molecule has 0 radical (unpaired) electrons. The summed E-state index contributed by atoms with van der Waals surface area (Å²) in [4.78, 5) is 0. The van der Waals surface area contributed by atoms with Crippen LogP contribution in [0.25, 0.3) is 0 Å². The first-order valence-corrected chi connectivity index (χ1v) is 5.84. The van der Waals surface area contributed by atoms with E-state index >= 15 is 0 Å². The highest BCUT2D eigenvalue weighted by molar-refractivity contribution is 7.90. The highest BCUT2D eigenvalue weighted by Gasteiger charge is 2.17. The number of furan rings is 1. The van der Waals surface area contributed by atoms with Crippen molar-refractivity contribution in [2.75, 3.05) is 12.0 Å². The molecule has 1 heterocycles. The first-order chi connectivity index (χ1) is 5.90. The van der Waals surface area contributed by atoms with E-state index in [2.05, 4.69) is 0 Å². The lowest BCUT2D eigenvalue weighted by Crippen LogP contribution is -2.12. The molecule has 1 aromatic rings. The summed E-state index contributed by atoms with van der Waals surface area (Å²) in [6.45, 7) is 1.75. The molecule has 5 heteroatoms. The van der Waals surface area contributed by atoms with Gasteiger partial charge in [0, 0.05) is 11.8 Å². The van der Waals surface area contributed by atoms with Crippen molar-refractivity contribution < 1.29 is 17.9 Å². The smallest absolute Gasteiger partial charge is 0.150 e. The van der Waals surface area contributed by atoms with Crippen molar-refractivity contribution in [2.24, 2.45) is 0 Å². The average molecular weight is 204 g/mol. The van der Waals surface area contributed by atoms with Gasteiger partial charge in [-0.1, -0.05) is 0 Å². The van der Waals surface area contributed by atoms with Gasteiger partial charge in [-0.3, -0.25) is 0 Å². The maximum Gasteiger partial charge on any atom is 0.150 e. The Kier molecular flexibility index (Phi) is 2.77. The normalized spacial score (nSPS) is 14.4. The van der Waals surface area contributed by atoms with Crippen LogP contribution in [0.5, 0.6) is 0 Å². The minimum atomic E-state index is -3.16. The molecule has 0 aromatic carbocycles. The summed E-state index contributed by atoms with van der Waals surface area (Å²) in [6.07, 6.45) is 2.94. The molecule has 0 spiro atoms. The molecule has 1 N–H and O–H groups in total. The van der Waals surface area contributed by atoms with Gasteiger partial charge in [-0.15, -0.1) is 0 Å². The number of aryl methyl sites for hydroxylation is 1. The minimum Gasteiger partial charge on any atom is -0.472 e. The summed E-state index contributed by atoms with van der Waals surface area (Å²) in [6, 6.07) is 0. The second-order valence-corrected chi connectivity index (χ2v) is 5.30. The first-order valence-electron chi connectivity index (χ1n) is 3.78. The quantitative estimate of drug-likeness (QED) is 0.785. The Morgan fingerprint density at radius 2 is 2.15 bits per heavy atom. The van der Waals surface area contributed by atoms with E-state index < -0.39 is 15.9 Å². The fraction of sp³-hybridized carbons (Fsp3) is 0.500. The number of aliphatic hydroxyl groups is 1. The Bertz CT molecular complexity index is 377. The lowest BCUT2D eigenvalue weighted by atomic mass is 10.1. The molecule has 1 aromatic heterocycles. The third-order valence-corrected chi connectivity index (χ3v) is 2.64. The van der Waals surface area contributed by atoms with Crippen LogP contribution in [0.2, 0.25) is 0 Å². The zero-order valence-electron chi connectivity index (χ0n) is 7.52. The monoisotopic (exact) mass is 204 g/mol. The Labute approximate surface area is 77.1 Å². The number of rotatable bonds is 3. The van der Waals surface area contributed by atoms with Crippen LogP contribution in [0, 0.1) is 6.92 Å². The van der Waals surface area contributed by atoms with E-state index in [1.807, 2.05) is 0 Å². The summed E-state index contributed by atoms with van der Waals surface area (Å²) in [7, 11) is -3.16. The van der Waals surface area contributed by atoms with Crippen molar-refractivity contribution >= 4 is 9.84 Å². The summed E-state index contributed by atoms with van der Waals surface area (Å²) >= 11 is 0. The van der Waals surface area contributed by atoms with E-state index in [-0.39, 0.29) is 5.75 Å². The van der Waals surface area contributed by atoms with Gasteiger partial charge >= 0.3 is 0 Å². The molecule has 0 saturated heterocycles. The summed E-state index contributed by atoms with van der Waals surface area (Å²) in [5.74, 6) is -0.270. The molecular weight excluding hydrogens is 192 g/mol. The SMILES string of the molecule is Cc1cocc1C(O)CS(C)(=O)=O. The van der Waals surface area contributed by atoms with Crippen LogP contribution < -0.4 is 0 Å². The van der Waals surface area contributed by atoms with Crippen molar-refractivity contribution in [3.63, 3.8) is 0 Å². The van der Waals surface area contributed by atoms with Gasteiger partial charge in [0.25, 0.3) is 0 Å². The molecule has 74 valence electrons. The minimum absolute atomic E-state index is 0.270. The molecular formula is C8H12O4S. The Hall–Kier alpha value is -0.810. The molecule has 4 nitrogen and oxygen atoms in total. The second kappa shape index (κ2) is 3.51. The van der Waals surface area contributed by atoms with Gasteiger partial charge in [0.2, 0.25) is 0 Å². The van der Waals surface area contributed by atoms with Crippen LogP contribution >= 0.6 is 0 Å². The molecule has 1 unspecified atom stereocenters. The van der Waals surface area contributed by atoms with Crippen LogP contribution in [0.15, 0.2) is 16.9 Å². The molecule has 1 rings (SSSR count). The van der Waals surface area contributed by atoms with Crippen LogP contribution in [0.1, 0.15) is 17.2 Å². The Morgan fingerprint density at radius 3 is 2.54 bits per heavy atom. The summed E-state index contributed by atoms with van der Waals surface area (Å²) in [5, 5.41) is 9.49. The highest BCUT2D eigenvalue weighted by atomic mass is 32.2. The molecule has 1 atom stereocenters. The molecule has 13 heavy (non-hydrogen) atoms. The van der Waals surface area contributed by atoms with E-state index in [0.29, 0.717) is 5.56 Å². The predicted molar refractivity (Wildman–Crippen MR) is 48.1 cm³/mol. The number of sulfone groups is 1. The third kappa shape index (κ3) is 2.86. The van der Waals surface area contributed by atoms with Crippen LogP contribution in [-0.2, 0) is 9.84 Å². The first kappa shape index (κ1) is 10.3. The van der Waals surface area contributed by atoms with Gasteiger partial charge in [-0.05, 0) is 12.5 Å². The number of hydrogen-bond donors (Lipinski definition) is 1. The van der Waals surface area contributed by atoms with Crippen molar-refractivity contribution in [1.82, 2.24) is 0 Å². The van der Waals surface area contributed by atoms with E-state index in [9.17, 15) is 13.5 Å². The average Bonchev–Trinajstić information content (AvgIpc) is 2.30. The molecule has 0 aliphatic heterocycles. The van der Waals surface area contributed by atoms with Crippen LogP contribution in [0.4, 0.5) is 0 Å². The number of aliphatic hydroxyl groups excluding tert-OH is 1. The van der Waals surface area contributed by atoms with Gasteiger partial charge in [0.15, 0.2) is 0 Å². The fourth-order valence-corrected chi connectivity index (χ4v) is 1.84. The zero-order valence-corrected chi connectivity index (χ0v) is 8.34. The fourth-order valence-electron chi connectivity index (χ4n) is 1.09. The van der Waals surface area contributed by atoms with Gasteiger partial charge in [0.1, 0.15) is 9.84 Å². The topological polar surface area (TPSA) is 67.5 Å². The van der Waals surface area contributed by atoms with Gasteiger partial charge in [-0.2, -0.15) is 0 Å². The van der Waals surface area contributed by atoms with Crippen LogP contribution in [-0.4, -0.2) is 25.5 Å². The van der Waals surface area contributed by atoms with E-state index in [0.717, 1.165) is 11.8 Å². The van der Waals surface area contributed by atoms with Gasteiger partial charge in [0.05, 0.1) is 24.4 Å². The zero-order chi connectivity index (χ0) is 10.1.